The van der Waals surface area contributed by atoms with Gasteiger partial charge in [-0.25, -0.2) is 4.98 Å². The molecule has 1 aromatic heterocycles. The molecule has 10 nitrogen and oxygen atoms in total. The van der Waals surface area contributed by atoms with Crippen molar-refractivity contribution < 1.29 is 22.7 Å². The second-order valence-electron chi connectivity index (χ2n) is 8.25. The highest BCUT2D eigenvalue weighted by molar-refractivity contribution is 7.92. The van der Waals surface area contributed by atoms with E-state index >= 15 is 0 Å². The van der Waals surface area contributed by atoms with Crippen LogP contribution in [0.25, 0.3) is 0 Å². The summed E-state index contributed by atoms with van der Waals surface area (Å²) >= 11 is 0. The minimum Gasteiger partial charge on any atom is -0.491 e. The molecule has 2 aromatic rings. The van der Waals surface area contributed by atoms with E-state index in [9.17, 15) is 13.2 Å². The van der Waals surface area contributed by atoms with Gasteiger partial charge in [-0.1, -0.05) is 6.92 Å². The molecular formula is C21H31N5O5S. The van der Waals surface area contributed by atoms with E-state index in [1.165, 1.54) is 18.6 Å². The number of rotatable bonds is 4. The number of carbonyl (C=O) groups excluding carboxylic acids is 1. The number of fused-ring (bicyclic) bond motifs is 1. The molecule has 0 saturated heterocycles. The van der Waals surface area contributed by atoms with Crippen LogP contribution in [0.5, 0.6) is 5.75 Å². The SMILES string of the molecule is CO[C@H]1CN(C)C(=O)c2cc(NS(=O)(=O)c3cn(C)cn3)ccc2OC[C@@H](C)NC[C@H]1C. The Balaban J connectivity index is 1.93. The lowest BCUT2D eigenvalue weighted by atomic mass is 10.0. The molecule has 0 saturated carbocycles. The molecule has 32 heavy (non-hydrogen) atoms. The number of anilines is 1. The zero-order valence-electron chi connectivity index (χ0n) is 19.0. The number of benzene rings is 1. The quantitative estimate of drug-likeness (QED) is 0.700. The zero-order chi connectivity index (χ0) is 23.5. The Bertz CT molecular complexity index is 1050. The van der Waals surface area contributed by atoms with E-state index in [-0.39, 0.29) is 40.2 Å². The first-order chi connectivity index (χ1) is 15.1. The molecule has 3 atom stereocenters. The monoisotopic (exact) mass is 465 g/mol. The summed E-state index contributed by atoms with van der Waals surface area (Å²) in [5.74, 6) is 0.279. The number of likely N-dealkylation sites (N-methyl/N-ethyl adjacent to an activating group) is 1. The molecule has 1 aromatic carbocycles. The minimum atomic E-state index is -3.90. The lowest BCUT2D eigenvalue weighted by Gasteiger charge is -2.30. The number of amides is 1. The van der Waals surface area contributed by atoms with Crippen LogP contribution in [0, 0.1) is 5.92 Å². The van der Waals surface area contributed by atoms with E-state index in [0.29, 0.717) is 18.9 Å². The molecule has 1 amide bonds. The van der Waals surface area contributed by atoms with Crippen molar-refractivity contribution >= 4 is 21.6 Å². The summed E-state index contributed by atoms with van der Waals surface area (Å²) in [6, 6.07) is 4.71. The number of sulfonamides is 1. The fourth-order valence-electron chi connectivity index (χ4n) is 3.46. The van der Waals surface area contributed by atoms with Crippen LogP contribution in [0.3, 0.4) is 0 Å². The van der Waals surface area contributed by atoms with Crippen LogP contribution >= 0.6 is 0 Å². The first-order valence-corrected chi connectivity index (χ1v) is 11.9. The van der Waals surface area contributed by atoms with Gasteiger partial charge in [0.2, 0.25) is 0 Å². The second-order valence-corrected chi connectivity index (χ2v) is 9.88. The summed E-state index contributed by atoms with van der Waals surface area (Å²) in [6.07, 6.45) is 2.65. The van der Waals surface area contributed by atoms with Crippen molar-refractivity contribution in [2.75, 3.05) is 38.6 Å². The van der Waals surface area contributed by atoms with Crippen LogP contribution < -0.4 is 14.8 Å². The maximum atomic E-state index is 13.3. The number of hydrogen-bond donors (Lipinski definition) is 2. The zero-order valence-corrected chi connectivity index (χ0v) is 19.8. The Hall–Kier alpha value is -2.63. The van der Waals surface area contributed by atoms with E-state index in [2.05, 4.69) is 21.9 Å². The van der Waals surface area contributed by atoms with Crippen molar-refractivity contribution in [1.82, 2.24) is 19.8 Å². The molecule has 0 radical (unpaired) electrons. The summed E-state index contributed by atoms with van der Waals surface area (Å²) in [4.78, 5) is 18.7. The van der Waals surface area contributed by atoms with Crippen LogP contribution in [0.15, 0.2) is 35.7 Å². The van der Waals surface area contributed by atoms with Gasteiger partial charge in [0.1, 0.15) is 12.4 Å². The predicted octanol–water partition coefficient (Wildman–Crippen LogP) is 1.31. The maximum Gasteiger partial charge on any atom is 0.280 e. The van der Waals surface area contributed by atoms with Crippen LogP contribution in [0.2, 0.25) is 0 Å². The third-order valence-corrected chi connectivity index (χ3v) is 6.70. The van der Waals surface area contributed by atoms with Crippen molar-refractivity contribution in [2.24, 2.45) is 13.0 Å². The van der Waals surface area contributed by atoms with Gasteiger partial charge >= 0.3 is 0 Å². The molecule has 1 aliphatic heterocycles. The number of nitrogens with one attached hydrogen (secondary N) is 2. The number of hydrogen-bond acceptors (Lipinski definition) is 7. The van der Waals surface area contributed by atoms with Gasteiger partial charge in [0, 0.05) is 52.2 Å². The number of imidazole rings is 1. The van der Waals surface area contributed by atoms with Gasteiger partial charge in [0.25, 0.3) is 15.9 Å². The van der Waals surface area contributed by atoms with Gasteiger partial charge in [-0.2, -0.15) is 8.42 Å². The van der Waals surface area contributed by atoms with Gasteiger partial charge in [-0.15, -0.1) is 0 Å². The van der Waals surface area contributed by atoms with E-state index in [4.69, 9.17) is 9.47 Å². The Morgan fingerprint density at radius 2 is 2.03 bits per heavy atom. The Labute approximate surface area is 189 Å². The van der Waals surface area contributed by atoms with Crippen molar-refractivity contribution in [1.29, 1.82) is 0 Å². The first kappa shape index (κ1) is 24.0. The molecule has 0 fully saturated rings. The Kier molecular flexibility index (Phi) is 7.42. The topological polar surface area (TPSA) is 115 Å². The highest BCUT2D eigenvalue weighted by Crippen LogP contribution is 2.27. The maximum absolute atomic E-state index is 13.3. The highest BCUT2D eigenvalue weighted by atomic mass is 32.2. The molecule has 0 bridgehead atoms. The molecule has 3 rings (SSSR count). The standard InChI is InChI=1S/C21H31N5O5S/c1-14-9-22-15(2)12-31-18-7-6-16(24-32(28,29)20-11-25(3)13-23-20)8-17(18)21(27)26(4)10-19(14)30-5/h6-8,11,13-15,19,22,24H,9-10,12H2,1-5H3/t14-,15-,19+/m1/s1. The fourth-order valence-corrected chi connectivity index (χ4v) is 4.49. The third-order valence-electron chi connectivity index (χ3n) is 5.43. The molecule has 2 N–H and O–H groups in total. The van der Waals surface area contributed by atoms with Crippen molar-refractivity contribution in [3.8, 4) is 5.75 Å². The smallest absolute Gasteiger partial charge is 0.280 e. The van der Waals surface area contributed by atoms with Gasteiger partial charge < -0.3 is 24.3 Å². The predicted molar refractivity (Wildman–Crippen MR) is 120 cm³/mol. The molecular weight excluding hydrogens is 434 g/mol. The van der Waals surface area contributed by atoms with Gasteiger partial charge in [0.15, 0.2) is 5.03 Å². The summed E-state index contributed by atoms with van der Waals surface area (Å²) < 4.78 is 40.9. The molecule has 0 spiro atoms. The number of aromatic nitrogens is 2. The Morgan fingerprint density at radius 3 is 2.69 bits per heavy atom. The fraction of sp³-hybridized carbons (Fsp3) is 0.524. The second kappa shape index (κ2) is 9.88. The normalized spacial score (nSPS) is 23.0. The summed E-state index contributed by atoms with van der Waals surface area (Å²) in [6.45, 7) is 5.54. The largest absolute Gasteiger partial charge is 0.491 e. The number of aryl methyl sites for hydroxylation is 1. The average Bonchev–Trinajstić information content (AvgIpc) is 3.20. The van der Waals surface area contributed by atoms with E-state index < -0.39 is 10.0 Å². The molecule has 0 aliphatic carbocycles. The van der Waals surface area contributed by atoms with Crippen molar-refractivity contribution in [3.63, 3.8) is 0 Å². The number of nitrogens with zero attached hydrogens (tertiary/aromatic N) is 3. The summed E-state index contributed by atoms with van der Waals surface area (Å²) in [5, 5.41) is 3.32. The number of methoxy groups -OCH3 is 1. The van der Waals surface area contributed by atoms with Crippen LogP contribution in [0.1, 0.15) is 24.2 Å². The highest BCUT2D eigenvalue weighted by Gasteiger charge is 2.26. The molecule has 11 heteroatoms. The van der Waals surface area contributed by atoms with Gasteiger partial charge in [-0.3, -0.25) is 9.52 Å². The third kappa shape index (κ3) is 5.59. The molecule has 1 aliphatic rings. The van der Waals surface area contributed by atoms with E-state index in [1.54, 1.807) is 42.8 Å². The van der Waals surface area contributed by atoms with Crippen LogP contribution in [-0.2, 0) is 21.8 Å². The first-order valence-electron chi connectivity index (χ1n) is 10.4. The van der Waals surface area contributed by atoms with E-state index in [1.807, 2.05) is 6.92 Å². The molecule has 2 heterocycles. The lowest BCUT2D eigenvalue weighted by Crippen LogP contribution is -2.44. The van der Waals surface area contributed by atoms with Crippen LogP contribution in [-0.4, -0.2) is 74.8 Å². The van der Waals surface area contributed by atoms with Crippen LogP contribution in [0.4, 0.5) is 5.69 Å². The average molecular weight is 466 g/mol. The Morgan fingerprint density at radius 1 is 1.28 bits per heavy atom. The lowest BCUT2D eigenvalue weighted by molar-refractivity contribution is 0.0281. The summed E-state index contributed by atoms with van der Waals surface area (Å²) in [5.41, 5.74) is 0.513. The number of ether oxygens (including phenoxy) is 2. The molecule has 0 unspecified atom stereocenters. The van der Waals surface area contributed by atoms with Crippen molar-refractivity contribution in [2.45, 2.75) is 31.0 Å². The van der Waals surface area contributed by atoms with Gasteiger partial charge in [-0.05, 0) is 31.0 Å². The van der Waals surface area contributed by atoms with E-state index in [0.717, 1.165) is 6.54 Å². The minimum absolute atomic E-state index is 0.0531. The summed E-state index contributed by atoms with van der Waals surface area (Å²) in [7, 11) is 1.11. The van der Waals surface area contributed by atoms with Gasteiger partial charge in [0.05, 0.1) is 18.0 Å². The van der Waals surface area contributed by atoms with Crippen molar-refractivity contribution in [3.05, 3.63) is 36.3 Å². The molecule has 176 valence electrons. The number of carbonyl (C=O) groups is 1.